The molecule has 0 spiro atoms. The fourth-order valence-corrected chi connectivity index (χ4v) is 2.63. The van der Waals surface area contributed by atoms with E-state index in [0.717, 1.165) is 43.8 Å². The van der Waals surface area contributed by atoms with Crippen molar-refractivity contribution in [1.82, 2.24) is 9.97 Å². The summed E-state index contributed by atoms with van der Waals surface area (Å²) in [7, 11) is 0. The quantitative estimate of drug-likeness (QED) is 0.929. The molecule has 2 rings (SSSR count). The predicted octanol–water partition coefficient (Wildman–Crippen LogP) is 2.60. The first-order chi connectivity index (χ1) is 8.70. The highest BCUT2D eigenvalue weighted by atomic mass is 79.9. The van der Waals surface area contributed by atoms with Crippen LogP contribution in [0.1, 0.15) is 44.1 Å². The summed E-state index contributed by atoms with van der Waals surface area (Å²) in [5.41, 5.74) is 0.770. The molecule has 1 aliphatic heterocycles. The van der Waals surface area contributed by atoms with E-state index in [1.54, 1.807) is 0 Å². The number of halogens is 1. The van der Waals surface area contributed by atoms with Crippen LogP contribution in [0.5, 0.6) is 0 Å². The van der Waals surface area contributed by atoms with E-state index in [9.17, 15) is 4.79 Å². The molecule has 1 unspecified atom stereocenters. The van der Waals surface area contributed by atoms with Gasteiger partial charge < -0.3 is 9.72 Å². The minimum Gasteiger partial charge on any atom is -0.378 e. The molecular weight excluding hydrogens is 296 g/mol. The molecule has 5 heteroatoms. The molecular formula is C13H19BrN2O2. The van der Waals surface area contributed by atoms with Gasteiger partial charge in [0.15, 0.2) is 0 Å². The topological polar surface area (TPSA) is 55.0 Å². The standard InChI is InChI=1S/C13H19BrN2O2/c1-2-5-10-12(14)13(17)16-11(15-10)8-9-6-3-4-7-18-9/h9H,2-8H2,1H3,(H,15,16,17). The van der Waals surface area contributed by atoms with E-state index < -0.39 is 0 Å². The number of nitrogens with zero attached hydrogens (tertiary/aromatic N) is 1. The van der Waals surface area contributed by atoms with E-state index in [1.807, 2.05) is 0 Å². The molecule has 0 aliphatic carbocycles. The van der Waals surface area contributed by atoms with Gasteiger partial charge in [-0.1, -0.05) is 13.3 Å². The van der Waals surface area contributed by atoms with Crippen molar-refractivity contribution in [1.29, 1.82) is 0 Å². The summed E-state index contributed by atoms with van der Waals surface area (Å²) in [5, 5.41) is 0. The Morgan fingerprint density at radius 2 is 2.33 bits per heavy atom. The van der Waals surface area contributed by atoms with Gasteiger partial charge in [0.25, 0.3) is 5.56 Å². The first kappa shape index (κ1) is 13.7. The Bertz CT molecular complexity index is 453. The van der Waals surface area contributed by atoms with Gasteiger partial charge >= 0.3 is 0 Å². The molecule has 0 saturated carbocycles. The van der Waals surface area contributed by atoms with Crippen LogP contribution in [-0.2, 0) is 17.6 Å². The zero-order valence-electron chi connectivity index (χ0n) is 10.7. The predicted molar refractivity (Wildman–Crippen MR) is 73.8 cm³/mol. The summed E-state index contributed by atoms with van der Waals surface area (Å²) in [6.07, 6.45) is 6.12. The van der Waals surface area contributed by atoms with E-state index in [0.29, 0.717) is 10.9 Å². The van der Waals surface area contributed by atoms with Crippen LogP contribution in [0.15, 0.2) is 9.27 Å². The summed E-state index contributed by atoms with van der Waals surface area (Å²) < 4.78 is 6.25. The van der Waals surface area contributed by atoms with Crippen molar-refractivity contribution in [2.45, 2.75) is 51.6 Å². The second-order valence-electron chi connectivity index (χ2n) is 4.72. The SMILES string of the molecule is CCCc1nc(CC2CCCCO2)[nH]c(=O)c1Br. The van der Waals surface area contributed by atoms with Crippen LogP contribution in [-0.4, -0.2) is 22.7 Å². The van der Waals surface area contributed by atoms with Crippen molar-refractivity contribution < 1.29 is 4.74 Å². The maximum atomic E-state index is 11.8. The van der Waals surface area contributed by atoms with Crippen LogP contribution >= 0.6 is 15.9 Å². The Kier molecular flexibility index (Phi) is 4.95. The molecule has 0 amide bonds. The van der Waals surface area contributed by atoms with Crippen molar-refractivity contribution in [2.75, 3.05) is 6.61 Å². The second kappa shape index (κ2) is 6.48. The van der Waals surface area contributed by atoms with Gasteiger partial charge in [-0.15, -0.1) is 0 Å². The number of aromatic nitrogens is 2. The lowest BCUT2D eigenvalue weighted by atomic mass is 10.1. The van der Waals surface area contributed by atoms with Crippen molar-refractivity contribution in [2.24, 2.45) is 0 Å². The van der Waals surface area contributed by atoms with E-state index in [-0.39, 0.29) is 11.7 Å². The zero-order chi connectivity index (χ0) is 13.0. The minimum absolute atomic E-state index is 0.0840. The zero-order valence-corrected chi connectivity index (χ0v) is 12.3. The molecule has 1 aromatic rings. The third-order valence-electron chi connectivity index (χ3n) is 3.16. The van der Waals surface area contributed by atoms with Crippen LogP contribution < -0.4 is 5.56 Å². The minimum atomic E-state index is -0.0840. The average Bonchev–Trinajstić information content (AvgIpc) is 2.37. The molecule has 1 saturated heterocycles. The number of aryl methyl sites for hydroxylation is 1. The number of hydrogen-bond donors (Lipinski definition) is 1. The highest BCUT2D eigenvalue weighted by Gasteiger charge is 2.17. The van der Waals surface area contributed by atoms with Crippen LogP contribution in [0, 0.1) is 0 Å². The lowest BCUT2D eigenvalue weighted by Gasteiger charge is -2.22. The number of ether oxygens (including phenoxy) is 1. The van der Waals surface area contributed by atoms with E-state index >= 15 is 0 Å². The van der Waals surface area contributed by atoms with Crippen molar-refractivity contribution in [3.8, 4) is 0 Å². The Balaban J connectivity index is 2.14. The molecule has 1 fully saturated rings. The van der Waals surface area contributed by atoms with Gasteiger partial charge in [-0.3, -0.25) is 4.79 Å². The van der Waals surface area contributed by atoms with Crippen molar-refractivity contribution in [3.05, 3.63) is 26.3 Å². The van der Waals surface area contributed by atoms with Gasteiger partial charge in [0.2, 0.25) is 0 Å². The smallest absolute Gasteiger partial charge is 0.265 e. The molecule has 4 nitrogen and oxygen atoms in total. The van der Waals surface area contributed by atoms with Gasteiger partial charge in [0.05, 0.1) is 11.8 Å². The fraction of sp³-hybridized carbons (Fsp3) is 0.692. The largest absolute Gasteiger partial charge is 0.378 e. The maximum Gasteiger partial charge on any atom is 0.265 e. The number of rotatable bonds is 4. The normalized spacial score (nSPS) is 20.0. The lowest BCUT2D eigenvalue weighted by molar-refractivity contribution is 0.0156. The summed E-state index contributed by atoms with van der Waals surface area (Å²) in [6.45, 7) is 2.91. The molecule has 1 atom stereocenters. The third-order valence-corrected chi connectivity index (χ3v) is 3.98. The molecule has 2 heterocycles. The molecule has 18 heavy (non-hydrogen) atoms. The Labute approximate surface area is 115 Å². The third kappa shape index (κ3) is 3.42. The molecule has 100 valence electrons. The first-order valence-electron chi connectivity index (χ1n) is 6.60. The highest BCUT2D eigenvalue weighted by molar-refractivity contribution is 9.10. The van der Waals surface area contributed by atoms with Crippen molar-refractivity contribution >= 4 is 15.9 Å². The summed E-state index contributed by atoms with van der Waals surface area (Å²) in [6, 6.07) is 0. The first-order valence-corrected chi connectivity index (χ1v) is 7.39. The maximum absolute atomic E-state index is 11.8. The molecule has 1 N–H and O–H groups in total. The Hall–Kier alpha value is -0.680. The van der Waals surface area contributed by atoms with Gasteiger partial charge in [-0.25, -0.2) is 4.98 Å². The van der Waals surface area contributed by atoms with Gasteiger partial charge in [-0.2, -0.15) is 0 Å². The van der Waals surface area contributed by atoms with Crippen molar-refractivity contribution in [3.63, 3.8) is 0 Å². The van der Waals surface area contributed by atoms with Crippen LogP contribution in [0.2, 0.25) is 0 Å². The van der Waals surface area contributed by atoms with Crippen LogP contribution in [0.4, 0.5) is 0 Å². The number of nitrogens with one attached hydrogen (secondary N) is 1. The van der Waals surface area contributed by atoms with Gasteiger partial charge in [0, 0.05) is 13.0 Å². The summed E-state index contributed by atoms with van der Waals surface area (Å²) >= 11 is 3.30. The van der Waals surface area contributed by atoms with Crippen LogP contribution in [0.3, 0.4) is 0 Å². The second-order valence-corrected chi connectivity index (χ2v) is 5.51. The van der Waals surface area contributed by atoms with E-state index in [1.165, 1.54) is 6.42 Å². The monoisotopic (exact) mass is 314 g/mol. The Morgan fingerprint density at radius 1 is 1.50 bits per heavy atom. The van der Waals surface area contributed by atoms with Gasteiger partial charge in [-0.05, 0) is 41.6 Å². The molecule has 0 radical (unpaired) electrons. The highest BCUT2D eigenvalue weighted by Crippen LogP contribution is 2.17. The summed E-state index contributed by atoms with van der Waals surface area (Å²) in [5.74, 6) is 0.749. The molecule has 1 aliphatic rings. The molecule has 1 aromatic heterocycles. The molecule has 0 aromatic carbocycles. The summed E-state index contributed by atoms with van der Waals surface area (Å²) in [4.78, 5) is 19.2. The number of H-pyrrole nitrogens is 1. The van der Waals surface area contributed by atoms with E-state index in [2.05, 4.69) is 32.8 Å². The van der Waals surface area contributed by atoms with Crippen LogP contribution in [0.25, 0.3) is 0 Å². The number of hydrogen-bond acceptors (Lipinski definition) is 3. The lowest BCUT2D eigenvalue weighted by Crippen LogP contribution is -2.25. The fourth-order valence-electron chi connectivity index (χ4n) is 2.24. The van der Waals surface area contributed by atoms with E-state index in [4.69, 9.17) is 4.74 Å². The van der Waals surface area contributed by atoms with Gasteiger partial charge in [0.1, 0.15) is 10.3 Å². The number of aromatic amines is 1. The average molecular weight is 315 g/mol. The molecule has 0 bridgehead atoms. The Morgan fingerprint density at radius 3 is 3.00 bits per heavy atom.